The summed E-state index contributed by atoms with van der Waals surface area (Å²) in [7, 11) is 1.78. The van der Waals surface area contributed by atoms with E-state index in [-0.39, 0.29) is 24.9 Å². The van der Waals surface area contributed by atoms with Gasteiger partial charge in [-0.25, -0.2) is 0 Å². The highest BCUT2D eigenvalue weighted by atomic mass is 35.5. The first-order valence-electron chi connectivity index (χ1n) is 6.24. The lowest BCUT2D eigenvalue weighted by Crippen LogP contribution is -2.44. The van der Waals surface area contributed by atoms with E-state index in [0.717, 1.165) is 13.0 Å². The SMILES string of the molecule is CCCC(NCC(=O)N(C)CC1CC1)C(=O)O.Cl. The van der Waals surface area contributed by atoms with E-state index < -0.39 is 12.0 Å². The summed E-state index contributed by atoms with van der Waals surface area (Å²) in [5, 5.41) is 11.7. The molecule has 1 aliphatic rings. The van der Waals surface area contributed by atoms with Crippen LogP contribution in [0.15, 0.2) is 0 Å². The van der Waals surface area contributed by atoms with Crippen LogP contribution in [0.4, 0.5) is 0 Å². The number of likely N-dealkylation sites (N-methyl/N-ethyl adjacent to an activating group) is 1. The first-order chi connectivity index (χ1) is 8.04. The van der Waals surface area contributed by atoms with E-state index in [1.165, 1.54) is 12.8 Å². The maximum Gasteiger partial charge on any atom is 0.320 e. The summed E-state index contributed by atoms with van der Waals surface area (Å²) >= 11 is 0. The van der Waals surface area contributed by atoms with Crippen LogP contribution in [0.2, 0.25) is 0 Å². The zero-order chi connectivity index (χ0) is 12.8. The first-order valence-corrected chi connectivity index (χ1v) is 6.24. The minimum atomic E-state index is -0.885. The second-order valence-electron chi connectivity index (χ2n) is 4.78. The second kappa shape index (κ2) is 8.32. The van der Waals surface area contributed by atoms with Gasteiger partial charge in [0.15, 0.2) is 0 Å². The lowest BCUT2D eigenvalue weighted by atomic mass is 10.1. The third kappa shape index (κ3) is 6.21. The Morgan fingerprint density at radius 1 is 1.44 bits per heavy atom. The van der Waals surface area contributed by atoms with Gasteiger partial charge in [-0.05, 0) is 25.2 Å². The Kier molecular flexibility index (Phi) is 7.95. The molecule has 1 aliphatic carbocycles. The Morgan fingerprint density at radius 2 is 2.06 bits per heavy atom. The maximum absolute atomic E-state index is 11.7. The molecule has 1 fully saturated rings. The molecule has 6 heteroatoms. The largest absolute Gasteiger partial charge is 0.480 e. The van der Waals surface area contributed by atoms with E-state index >= 15 is 0 Å². The number of hydrogen-bond donors (Lipinski definition) is 2. The highest BCUT2D eigenvalue weighted by Gasteiger charge is 2.25. The van der Waals surface area contributed by atoms with Gasteiger partial charge in [0.1, 0.15) is 6.04 Å². The number of nitrogens with one attached hydrogen (secondary N) is 1. The van der Waals surface area contributed by atoms with Crippen molar-refractivity contribution in [3.05, 3.63) is 0 Å². The summed E-state index contributed by atoms with van der Waals surface area (Å²) in [5.41, 5.74) is 0. The molecule has 18 heavy (non-hydrogen) atoms. The fourth-order valence-corrected chi connectivity index (χ4v) is 1.74. The Labute approximate surface area is 114 Å². The Hall–Kier alpha value is -0.810. The molecule has 1 rings (SSSR count). The third-order valence-electron chi connectivity index (χ3n) is 3.03. The van der Waals surface area contributed by atoms with E-state index in [1.54, 1.807) is 11.9 Å². The van der Waals surface area contributed by atoms with Gasteiger partial charge < -0.3 is 10.0 Å². The summed E-state index contributed by atoms with van der Waals surface area (Å²) in [4.78, 5) is 24.3. The zero-order valence-corrected chi connectivity index (χ0v) is 11.8. The highest BCUT2D eigenvalue weighted by Crippen LogP contribution is 2.29. The molecule has 1 amide bonds. The van der Waals surface area contributed by atoms with Crippen LogP contribution in [-0.2, 0) is 9.59 Å². The van der Waals surface area contributed by atoms with Crippen LogP contribution in [0.25, 0.3) is 0 Å². The zero-order valence-electron chi connectivity index (χ0n) is 11.0. The van der Waals surface area contributed by atoms with E-state index in [4.69, 9.17) is 5.11 Å². The molecule has 1 unspecified atom stereocenters. The van der Waals surface area contributed by atoms with Crippen LogP contribution in [0.3, 0.4) is 0 Å². The molecule has 1 atom stereocenters. The minimum absolute atomic E-state index is 0. The number of carbonyl (C=O) groups is 2. The van der Waals surface area contributed by atoms with Crippen LogP contribution in [0, 0.1) is 5.92 Å². The van der Waals surface area contributed by atoms with Crippen LogP contribution in [0.1, 0.15) is 32.6 Å². The molecule has 0 bridgehead atoms. The summed E-state index contributed by atoms with van der Waals surface area (Å²) in [6.07, 6.45) is 3.75. The molecular formula is C12H23ClN2O3. The van der Waals surface area contributed by atoms with Crippen molar-refractivity contribution in [2.75, 3.05) is 20.1 Å². The number of hydrogen-bond acceptors (Lipinski definition) is 3. The summed E-state index contributed by atoms with van der Waals surface area (Å²) < 4.78 is 0. The average Bonchev–Trinajstić information content (AvgIpc) is 3.07. The number of carboxylic acid groups (broad SMARTS) is 1. The second-order valence-corrected chi connectivity index (χ2v) is 4.78. The van der Waals surface area contributed by atoms with Gasteiger partial charge in [0, 0.05) is 13.6 Å². The molecule has 0 aromatic rings. The molecule has 2 N–H and O–H groups in total. The van der Waals surface area contributed by atoms with Crippen molar-refractivity contribution < 1.29 is 14.7 Å². The van der Waals surface area contributed by atoms with Crippen molar-refractivity contribution in [2.45, 2.75) is 38.6 Å². The molecule has 106 valence electrons. The number of nitrogens with zero attached hydrogens (tertiary/aromatic N) is 1. The molecule has 0 aliphatic heterocycles. The van der Waals surface area contributed by atoms with Crippen molar-refractivity contribution in [1.82, 2.24) is 10.2 Å². The smallest absolute Gasteiger partial charge is 0.320 e. The average molecular weight is 279 g/mol. The molecule has 1 saturated carbocycles. The van der Waals surface area contributed by atoms with E-state index in [0.29, 0.717) is 12.3 Å². The van der Waals surface area contributed by atoms with Crippen molar-refractivity contribution >= 4 is 24.3 Å². The monoisotopic (exact) mass is 278 g/mol. The minimum Gasteiger partial charge on any atom is -0.480 e. The number of carbonyl (C=O) groups excluding carboxylic acids is 1. The van der Waals surface area contributed by atoms with E-state index in [2.05, 4.69) is 5.32 Å². The highest BCUT2D eigenvalue weighted by molar-refractivity contribution is 5.85. The summed E-state index contributed by atoms with van der Waals surface area (Å²) in [6, 6.07) is -0.613. The van der Waals surface area contributed by atoms with Gasteiger partial charge in [-0.1, -0.05) is 13.3 Å². The van der Waals surface area contributed by atoms with E-state index in [9.17, 15) is 9.59 Å². The van der Waals surface area contributed by atoms with Crippen molar-refractivity contribution in [3.63, 3.8) is 0 Å². The van der Waals surface area contributed by atoms with Crippen molar-refractivity contribution in [2.24, 2.45) is 5.92 Å². The van der Waals surface area contributed by atoms with Crippen LogP contribution in [0.5, 0.6) is 0 Å². The molecule has 0 radical (unpaired) electrons. The van der Waals surface area contributed by atoms with Crippen molar-refractivity contribution in [3.8, 4) is 0 Å². The number of halogens is 1. The fraction of sp³-hybridized carbons (Fsp3) is 0.833. The van der Waals surface area contributed by atoms with Gasteiger partial charge in [-0.3, -0.25) is 14.9 Å². The maximum atomic E-state index is 11.7. The third-order valence-corrected chi connectivity index (χ3v) is 3.03. The standard InChI is InChI=1S/C12H22N2O3.ClH/c1-3-4-10(12(16)17)13-7-11(15)14(2)8-9-5-6-9;/h9-10,13H,3-8H2,1-2H3,(H,16,17);1H. The Morgan fingerprint density at radius 3 is 2.50 bits per heavy atom. The van der Waals surface area contributed by atoms with Crippen molar-refractivity contribution in [1.29, 1.82) is 0 Å². The summed E-state index contributed by atoms with van der Waals surface area (Å²) in [5.74, 6) is -0.251. The van der Waals surface area contributed by atoms with E-state index in [1.807, 2.05) is 6.92 Å². The normalized spacial score (nSPS) is 15.7. The molecule has 0 heterocycles. The quantitative estimate of drug-likeness (QED) is 0.698. The van der Waals surface area contributed by atoms with Gasteiger partial charge in [0.2, 0.25) is 5.91 Å². The fourth-order valence-electron chi connectivity index (χ4n) is 1.74. The predicted molar refractivity (Wildman–Crippen MR) is 71.9 cm³/mol. The number of amides is 1. The van der Waals surface area contributed by atoms with Crippen LogP contribution < -0.4 is 5.32 Å². The topological polar surface area (TPSA) is 69.6 Å². The molecular weight excluding hydrogens is 256 g/mol. The molecule has 5 nitrogen and oxygen atoms in total. The Bertz CT molecular complexity index is 282. The number of carboxylic acids is 1. The van der Waals surface area contributed by atoms with Gasteiger partial charge in [-0.15, -0.1) is 12.4 Å². The predicted octanol–water partition coefficient (Wildman–Crippen LogP) is 1.12. The molecule has 0 saturated heterocycles. The van der Waals surface area contributed by atoms with Crippen LogP contribution in [-0.4, -0.2) is 48.1 Å². The number of rotatable bonds is 8. The van der Waals surface area contributed by atoms with Gasteiger partial charge in [-0.2, -0.15) is 0 Å². The lowest BCUT2D eigenvalue weighted by Gasteiger charge is -2.19. The van der Waals surface area contributed by atoms with Gasteiger partial charge >= 0.3 is 5.97 Å². The molecule has 0 aromatic heterocycles. The number of aliphatic carboxylic acids is 1. The van der Waals surface area contributed by atoms with Crippen LogP contribution >= 0.6 is 12.4 Å². The lowest BCUT2D eigenvalue weighted by molar-refractivity contribution is -0.140. The molecule has 0 aromatic carbocycles. The first kappa shape index (κ1) is 17.2. The summed E-state index contributed by atoms with van der Waals surface area (Å²) in [6.45, 7) is 2.84. The van der Waals surface area contributed by atoms with Gasteiger partial charge in [0.25, 0.3) is 0 Å². The molecule has 0 spiro atoms. The Balaban J connectivity index is 0.00000289. The van der Waals surface area contributed by atoms with Gasteiger partial charge in [0.05, 0.1) is 6.54 Å².